The van der Waals surface area contributed by atoms with Gasteiger partial charge in [-0.05, 0) is 30.4 Å². The van der Waals surface area contributed by atoms with E-state index in [2.05, 4.69) is 4.98 Å². The first-order chi connectivity index (χ1) is 7.81. The Morgan fingerprint density at radius 3 is 3.00 bits per heavy atom. The summed E-state index contributed by atoms with van der Waals surface area (Å²) in [5.74, 6) is 0.0653. The molecule has 0 radical (unpaired) electrons. The van der Waals surface area contributed by atoms with Gasteiger partial charge in [0.2, 0.25) is 0 Å². The van der Waals surface area contributed by atoms with Gasteiger partial charge in [0.05, 0.1) is 13.7 Å². The molecule has 1 saturated carbocycles. The summed E-state index contributed by atoms with van der Waals surface area (Å²) < 4.78 is 10.3. The van der Waals surface area contributed by atoms with Crippen molar-refractivity contribution in [3.63, 3.8) is 0 Å². The van der Waals surface area contributed by atoms with Gasteiger partial charge in [-0.1, -0.05) is 6.07 Å². The lowest BCUT2D eigenvalue weighted by Gasteiger charge is -2.14. The Balaban J connectivity index is 1.89. The number of hydrogen-bond donors (Lipinski definition) is 0. The van der Waals surface area contributed by atoms with Gasteiger partial charge >= 0.3 is 5.97 Å². The van der Waals surface area contributed by atoms with Gasteiger partial charge in [-0.2, -0.15) is 0 Å². The van der Waals surface area contributed by atoms with Crippen LogP contribution in [0, 0.1) is 5.92 Å². The molecule has 16 heavy (non-hydrogen) atoms. The van der Waals surface area contributed by atoms with Crippen LogP contribution in [0.5, 0.6) is 0 Å². The van der Waals surface area contributed by atoms with Crippen LogP contribution in [-0.4, -0.2) is 24.2 Å². The van der Waals surface area contributed by atoms with Crippen molar-refractivity contribution in [2.45, 2.75) is 25.6 Å². The summed E-state index contributed by atoms with van der Waals surface area (Å²) in [4.78, 5) is 15.4. The Bertz CT molecular complexity index is 349. The summed E-state index contributed by atoms with van der Waals surface area (Å²) in [6.07, 6.45) is 5.13. The fraction of sp³-hybridized carbons (Fsp3) is 0.500. The minimum absolute atomic E-state index is 0.272. The zero-order valence-corrected chi connectivity index (χ0v) is 9.26. The first kappa shape index (κ1) is 11.1. The molecule has 1 heterocycles. The molecule has 86 valence electrons. The fourth-order valence-corrected chi connectivity index (χ4v) is 1.58. The SMILES string of the molecule is COC(=O)C(OCc1cccnc1)C1CC1. The number of esters is 1. The molecule has 1 aromatic heterocycles. The highest BCUT2D eigenvalue weighted by Crippen LogP contribution is 2.35. The predicted octanol–water partition coefficient (Wildman–Crippen LogP) is 1.55. The van der Waals surface area contributed by atoms with Crippen LogP contribution in [0.2, 0.25) is 0 Å². The van der Waals surface area contributed by atoms with E-state index in [4.69, 9.17) is 9.47 Å². The topological polar surface area (TPSA) is 48.4 Å². The van der Waals surface area contributed by atoms with Gasteiger partial charge in [-0.3, -0.25) is 4.98 Å². The average Bonchev–Trinajstić information content (AvgIpc) is 3.15. The van der Waals surface area contributed by atoms with Crippen LogP contribution >= 0.6 is 0 Å². The van der Waals surface area contributed by atoms with Crippen molar-refractivity contribution in [3.05, 3.63) is 30.1 Å². The van der Waals surface area contributed by atoms with E-state index in [1.165, 1.54) is 7.11 Å². The van der Waals surface area contributed by atoms with E-state index >= 15 is 0 Å². The Hall–Kier alpha value is -1.42. The number of methoxy groups -OCH3 is 1. The van der Waals surface area contributed by atoms with E-state index in [0.717, 1.165) is 18.4 Å². The zero-order chi connectivity index (χ0) is 11.4. The molecule has 1 unspecified atom stereocenters. The van der Waals surface area contributed by atoms with Crippen molar-refractivity contribution >= 4 is 5.97 Å². The van der Waals surface area contributed by atoms with Gasteiger partial charge in [0.1, 0.15) is 0 Å². The zero-order valence-electron chi connectivity index (χ0n) is 9.26. The molecule has 1 aromatic rings. The van der Waals surface area contributed by atoms with Crippen LogP contribution in [0.4, 0.5) is 0 Å². The lowest BCUT2D eigenvalue weighted by Crippen LogP contribution is -2.27. The lowest BCUT2D eigenvalue weighted by atomic mass is 10.2. The fourth-order valence-electron chi connectivity index (χ4n) is 1.58. The summed E-state index contributed by atoms with van der Waals surface area (Å²) >= 11 is 0. The third-order valence-electron chi connectivity index (χ3n) is 2.64. The molecule has 0 aliphatic heterocycles. The van der Waals surface area contributed by atoms with Crippen molar-refractivity contribution in [2.24, 2.45) is 5.92 Å². The number of rotatable bonds is 5. The van der Waals surface area contributed by atoms with E-state index in [1.54, 1.807) is 12.4 Å². The highest BCUT2D eigenvalue weighted by molar-refractivity contribution is 5.75. The average molecular weight is 221 g/mol. The molecule has 4 nitrogen and oxygen atoms in total. The normalized spacial score (nSPS) is 16.8. The molecule has 1 aliphatic carbocycles. The van der Waals surface area contributed by atoms with Crippen LogP contribution in [0.3, 0.4) is 0 Å². The Labute approximate surface area is 94.6 Å². The van der Waals surface area contributed by atoms with Crippen molar-refractivity contribution in [1.29, 1.82) is 0 Å². The second-order valence-corrected chi connectivity index (χ2v) is 3.95. The van der Waals surface area contributed by atoms with Crippen LogP contribution < -0.4 is 0 Å². The van der Waals surface area contributed by atoms with Crippen molar-refractivity contribution in [3.8, 4) is 0 Å². The third kappa shape index (κ3) is 2.79. The van der Waals surface area contributed by atoms with Gasteiger partial charge in [-0.25, -0.2) is 4.79 Å². The molecule has 0 aromatic carbocycles. The maximum Gasteiger partial charge on any atom is 0.335 e. The van der Waals surface area contributed by atoms with E-state index in [9.17, 15) is 4.79 Å². The number of aromatic nitrogens is 1. The highest BCUT2D eigenvalue weighted by Gasteiger charge is 2.37. The number of ether oxygens (including phenoxy) is 2. The number of hydrogen-bond acceptors (Lipinski definition) is 4. The van der Waals surface area contributed by atoms with Crippen LogP contribution in [0.25, 0.3) is 0 Å². The Morgan fingerprint density at radius 2 is 2.44 bits per heavy atom. The molecule has 1 atom stereocenters. The van der Waals surface area contributed by atoms with E-state index in [-0.39, 0.29) is 5.97 Å². The first-order valence-corrected chi connectivity index (χ1v) is 5.39. The number of pyridine rings is 1. The molecule has 0 bridgehead atoms. The predicted molar refractivity (Wildman–Crippen MR) is 57.6 cm³/mol. The van der Waals surface area contributed by atoms with E-state index in [0.29, 0.717) is 12.5 Å². The summed E-state index contributed by atoms with van der Waals surface area (Å²) in [5, 5.41) is 0. The second kappa shape index (κ2) is 5.07. The van der Waals surface area contributed by atoms with Gasteiger partial charge in [-0.15, -0.1) is 0 Å². The summed E-state index contributed by atoms with van der Waals surface area (Å²) in [6.45, 7) is 0.407. The molecule has 0 N–H and O–H groups in total. The third-order valence-corrected chi connectivity index (χ3v) is 2.64. The molecular formula is C12H15NO3. The standard InChI is InChI=1S/C12H15NO3/c1-15-12(14)11(10-4-5-10)16-8-9-3-2-6-13-7-9/h2-3,6-7,10-11H,4-5,8H2,1H3. The second-order valence-electron chi connectivity index (χ2n) is 3.95. The number of nitrogens with zero attached hydrogens (tertiary/aromatic N) is 1. The van der Waals surface area contributed by atoms with E-state index in [1.807, 2.05) is 12.1 Å². The van der Waals surface area contributed by atoms with Gasteiger partial charge in [0, 0.05) is 12.4 Å². The smallest absolute Gasteiger partial charge is 0.335 e. The lowest BCUT2D eigenvalue weighted by molar-refractivity contribution is -0.156. The maximum absolute atomic E-state index is 11.5. The highest BCUT2D eigenvalue weighted by atomic mass is 16.6. The molecule has 0 amide bonds. The van der Waals surface area contributed by atoms with Crippen LogP contribution in [0.1, 0.15) is 18.4 Å². The molecule has 2 rings (SSSR count). The minimum Gasteiger partial charge on any atom is -0.467 e. The summed E-state index contributed by atoms with van der Waals surface area (Å²) in [6, 6.07) is 3.78. The summed E-state index contributed by atoms with van der Waals surface area (Å²) in [7, 11) is 1.39. The van der Waals surface area contributed by atoms with E-state index < -0.39 is 6.10 Å². The summed E-state index contributed by atoms with van der Waals surface area (Å²) in [5.41, 5.74) is 0.969. The van der Waals surface area contributed by atoms with Crippen molar-refractivity contribution in [1.82, 2.24) is 4.98 Å². The first-order valence-electron chi connectivity index (χ1n) is 5.39. The molecule has 1 fully saturated rings. The monoisotopic (exact) mass is 221 g/mol. The molecule has 1 aliphatic rings. The molecule has 0 saturated heterocycles. The van der Waals surface area contributed by atoms with Gasteiger partial charge in [0.25, 0.3) is 0 Å². The largest absolute Gasteiger partial charge is 0.467 e. The van der Waals surface area contributed by atoms with Gasteiger partial charge < -0.3 is 9.47 Å². The van der Waals surface area contributed by atoms with Gasteiger partial charge in [0.15, 0.2) is 6.10 Å². The molecular weight excluding hydrogens is 206 g/mol. The maximum atomic E-state index is 11.5. The minimum atomic E-state index is -0.412. The Kier molecular flexibility index (Phi) is 3.51. The quantitative estimate of drug-likeness (QED) is 0.708. The van der Waals surface area contributed by atoms with Crippen LogP contribution in [-0.2, 0) is 20.9 Å². The number of carbonyl (C=O) groups excluding carboxylic acids is 1. The molecule has 0 spiro atoms. The Morgan fingerprint density at radius 1 is 1.62 bits per heavy atom. The number of carbonyl (C=O) groups is 1. The van der Waals surface area contributed by atoms with Crippen molar-refractivity contribution in [2.75, 3.05) is 7.11 Å². The van der Waals surface area contributed by atoms with Crippen molar-refractivity contribution < 1.29 is 14.3 Å². The molecule has 4 heteroatoms. The van der Waals surface area contributed by atoms with Crippen LogP contribution in [0.15, 0.2) is 24.5 Å².